The fourth-order valence-corrected chi connectivity index (χ4v) is 2.78. The Morgan fingerprint density at radius 1 is 1.46 bits per heavy atom. The number of esters is 1. The molecule has 0 bridgehead atoms. The van der Waals surface area contributed by atoms with E-state index in [4.69, 9.17) is 0 Å². The van der Waals surface area contributed by atoms with E-state index in [1.807, 2.05) is 30.1 Å². The molecule has 1 aliphatic heterocycles. The van der Waals surface area contributed by atoms with Crippen molar-refractivity contribution in [3.8, 4) is 11.8 Å². The van der Waals surface area contributed by atoms with E-state index >= 15 is 0 Å². The molecule has 1 aliphatic rings. The number of hydrogen-bond donors (Lipinski definition) is 1. The number of likely N-dealkylation sites (tertiary alicyclic amines) is 1. The molecular formula is C21H31NO4. The van der Waals surface area contributed by atoms with E-state index in [1.54, 1.807) is 13.0 Å². The van der Waals surface area contributed by atoms with Gasteiger partial charge in [-0.1, -0.05) is 31.2 Å². The van der Waals surface area contributed by atoms with Gasteiger partial charge in [0.15, 0.2) is 0 Å². The Morgan fingerprint density at radius 2 is 2.23 bits per heavy atom. The first kappa shape index (κ1) is 22.0. The summed E-state index contributed by atoms with van der Waals surface area (Å²) in [5, 5.41) is 10.2. The Morgan fingerprint density at radius 3 is 2.92 bits per heavy atom. The average Bonchev–Trinajstić information content (AvgIpc) is 2.99. The summed E-state index contributed by atoms with van der Waals surface area (Å²) in [6, 6.07) is 0.0290. The van der Waals surface area contributed by atoms with E-state index in [9.17, 15) is 14.7 Å². The second kappa shape index (κ2) is 12.3. The SMILES string of the molecule is CC#CCC(C)C(O)/C=C/[C@H]1CCC(=O)N1C/C=C\CCCC(=O)OC. The molecule has 0 saturated carbocycles. The lowest BCUT2D eigenvalue weighted by atomic mass is 10.00. The Bertz CT molecular complexity index is 570. The van der Waals surface area contributed by atoms with Gasteiger partial charge in [0.05, 0.1) is 19.3 Å². The van der Waals surface area contributed by atoms with Crippen LogP contribution < -0.4 is 0 Å². The van der Waals surface area contributed by atoms with Crippen LogP contribution in [0.4, 0.5) is 0 Å². The van der Waals surface area contributed by atoms with Crippen LogP contribution in [-0.4, -0.2) is 47.7 Å². The molecule has 0 radical (unpaired) electrons. The number of aliphatic hydroxyl groups excluding tert-OH is 1. The van der Waals surface area contributed by atoms with Gasteiger partial charge < -0.3 is 14.7 Å². The van der Waals surface area contributed by atoms with E-state index in [1.165, 1.54) is 7.11 Å². The summed E-state index contributed by atoms with van der Waals surface area (Å²) in [7, 11) is 1.39. The quantitative estimate of drug-likeness (QED) is 0.281. The zero-order valence-electron chi connectivity index (χ0n) is 16.1. The van der Waals surface area contributed by atoms with Crippen LogP contribution in [0, 0.1) is 17.8 Å². The van der Waals surface area contributed by atoms with Crippen LogP contribution in [-0.2, 0) is 14.3 Å². The maximum atomic E-state index is 12.1. The molecule has 0 aliphatic carbocycles. The van der Waals surface area contributed by atoms with Crippen molar-refractivity contribution in [2.75, 3.05) is 13.7 Å². The number of nitrogens with zero attached hydrogens (tertiary/aromatic N) is 1. The molecule has 5 heteroatoms. The van der Waals surface area contributed by atoms with Crippen LogP contribution in [0.15, 0.2) is 24.3 Å². The third kappa shape index (κ3) is 7.88. The lowest BCUT2D eigenvalue weighted by Crippen LogP contribution is -2.32. The summed E-state index contributed by atoms with van der Waals surface area (Å²) >= 11 is 0. The highest BCUT2D eigenvalue weighted by molar-refractivity contribution is 5.79. The first-order valence-electron chi connectivity index (χ1n) is 9.26. The van der Waals surface area contributed by atoms with Gasteiger partial charge in [0.2, 0.25) is 5.91 Å². The van der Waals surface area contributed by atoms with Gasteiger partial charge in [0.25, 0.3) is 0 Å². The zero-order chi connectivity index (χ0) is 19.4. The Labute approximate surface area is 157 Å². The van der Waals surface area contributed by atoms with Gasteiger partial charge in [0, 0.05) is 25.8 Å². The molecule has 3 atom stereocenters. The number of hydrogen-bond acceptors (Lipinski definition) is 4. The van der Waals surface area contributed by atoms with Crippen molar-refractivity contribution in [2.45, 2.75) is 64.5 Å². The molecule has 1 saturated heterocycles. The molecule has 1 N–H and O–H groups in total. The van der Waals surface area contributed by atoms with Crippen LogP contribution in [0.25, 0.3) is 0 Å². The molecular weight excluding hydrogens is 330 g/mol. The van der Waals surface area contributed by atoms with Gasteiger partial charge in [-0.2, -0.15) is 0 Å². The molecule has 0 aromatic heterocycles. The largest absolute Gasteiger partial charge is 0.469 e. The van der Waals surface area contributed by atoms with Crippen LogP contribution in [0.3, 0.4) is 0 Å². The molecule has 0 spiro atoms. The third-order valence-corrected chi connectivity index (χ3v) is 4.54. The van der Waals surface area contributed by atoms with Crippen molar-refractivity contribution in [3.63, 3.8) is 0 Å². The molecule has 1 rings (SSSR count). The van der Waals surface area contributed by atoms with Crippen molar-refractivity contribution in [3.05, 3.63) is 24.3 Å². The Kier molecular flexibility index (Phi) is 10.4. The van der Waals surface area contributed by atoms with E-state index in [2.05, 4.69) is 16.6 Å². The molecule has 26 heavy (non-hydrogen) atoms. The van der Waals surface area contributed by atoms with E-state index < -0.39 is 6.10 Å². The molecule has 2 unspecified atom stereocenters. The van der Waals surface area contributed by atoms with Crippen LogP contribution in [0.1, 0.15) is 52.4 Å². The highest BCUT2D eigenvalue weighted by Crippen LogP contribution is 2.20. The minimum Gasteiger partial charge on any atom is -0.469 e. The van der Waals surface area contributed by atoms with Gasteiger partial charge in [-0.15, -0.1) is 11.8 Å². The van der Waals surface area contributed by atoms with Crippen LogP contribution in [0.2, 0.25) is 0 Å². The van der Waals surface area contributed by atoms with Gasteiger partial charge in [-0.25, -0.2) is 0 Å². The maximum Gasteiger partial charge on any atom is 0.305 e. The number of methoxy groups -OCH3 is 1. The van der Waals surface area contributed by atoms with E-state index in [0.29, 0.717) is 25.8 Å². The predicted octanol–water partition coefficient (Wildman–Crippen LogP) is 2.84. The third-order valence-electron chi connectivity index (χ3n) is 4.54. The van der Waals surface area contributed by atoms with Gasteiger partial charge >= 0.3 is 5.97 Å². The van der Waals surface area contributed by atoms with Crippen molar-refractivity contribution < 1.29 is 19.4 Å². The van der Waals surface area contributed by atoms with Crippen molar-refractivity contribution in [1.29, 1.82) is 0 Å². The molecule has 5 nitrogen and oxygen atoms in total. The lowest BCUT2D eigenvalue weighted by Gasteiger charge is -2.21. The van der Waals surface area contributed by atoms with E-state index in [-0.39, 0.29) is 23.8 Å². The first-order valence-corrected chi connectivity index (χ1v) is 9.26. The predicted molar refractivity (Wildman–Crippen MR) is 102 cm³/mol. The average molecular weight is 361 g/mol. The summed E-state index contributed by atoms with van der Waals surface area (Å²) in [6.45, 7) is 4.31. The second-order valence-corrected chi connectivity index (χ2v) is 6.58. The molecule has 0 aromatic carbocycles. The highest BCUT2D eigenvalue weighted by atomic mass is 16.5. The Balaban J connectivity index is 2.45. The van der Waals surface area contributed by atoms with Crippen LogP contribution >= 0.6 is 0 Å². The standard InChI is InChI=1S/C21H31NO4/c1-4-5-10-17(2)19(23)14-12-18-13-15-20(24)22(18)16-9-7-6-8-11-21(25)26-3/h7,9,12,14,17-19,23H,6,8,10-11,13,15-16H2,1-3H3/b9-7-,14-12+/t17?,18-,19?/m0/s1. The van der Waals surface area contributed by atoms with Crippen molar-refractivity contribution in [2.24, 2.45) is 5.92 Å². The number of carbonyl (C=O) groups is 2. The fraction of sp³-hybridized carbons (Fsp3) is 0.619. The van der Waals surface area contributed by atoms with Crippen molar-refractivity contribution in [1.82, 2.24) is 4.90 Å². The molecule has 0 aromatic rings. The summed E-state index contributed by atoms with van der Waals surface area (Å²) in [5.74, 6) is 5.83. The molecule has 1 fully saturated rings. The fourth-order valence-electron chi connectivity index (χ4n) is 2.78. The van der Waals surface area contributed by atoms with Gasteiger partial charge in [-0.05, 0) is 32.1 Å². The highest BCUT2D eigenvalue weighted by Gasteiger charge is 2.28. The monoisotopic (exact) mass is 361 g/mol. The second-order valence-electron chi connectivity index (χ2n) is 6.58. The normalized spacial score (nSPS) is 19.6. The van der Waals surface area contributed by atoms with Crippen LogP contribution in [0.5, 0.6) is 0 Å². The van der Waals surface area contributed by atoms with Gasteiger partial charge in [0.1, 0.15) is 0 Å². The zero-order valence-corrected chi connectivity index (χ0v) is 16.1. The minimum absolute atomic E-state index is 0.0290. The number of allylic oxidation sites excluding steroid dienone is 1. The van der Waals surface area contributed by atoms with E-state index in [0.717, 1.165) is 19.3 Å². The number of carbonyl (C=O) groups excluding carboxylic acids is 2. The molecule has 1 heterocycles. The number of unbranched alkanes of at least 4 members (excludes halogenated alkanes) is 1. The Hall–Kier alpha value is -2.06. The lowest BCUT2D eigenvalue weighted by molar-refractivity contribution is -0.140. The molecule has 1 amide bonds. The summed E-state index contributed by atoms with van der Waals surface area (Å²) < 4.78 is 4.60. The number of rotatable bonds is 10. The summed E-state index contributed by atoms with van der Waals surface area (Å²) in [4.78, 5) is 24.9. The van der Waals surface area contributed by atoms with Gasteiger partial charge in [-0.3, -0.25) is 9.59 Å². The number of amides is 1. The maximum absolute atomic E-state index is 12.1. The minimum atomic E-state index is -0.553. The topological polar surface area (TPSA) is 66.8 Å². The number of ether oxygens (including phenoxy) is 1. The number of aliphatic hydroxyl groups is 1. The van der Waals surface area contributed by atoms with Crippen molar-refractivity contribution >= 4 is 11.9 Å². The smallest absolute Gasteiger partial charge is 0.305 e. The molecule has 144 valence electrons. The first-order chi connectivity index (χ1) is 12.5. The summed E-state index contributed by atoms with van der Waals surface area (Å²) in [5.41, 5.74) is 0. The summed E-state index contributed by atoms with van der Waals surface area (Å²) in [6.07, 6.45) is 11.1.